The van der Waals surface area contributed by atoms with E-state index in [0.717, 1.165) is 35.5 Å². The molecular weight excluding hydrogens is 380 g/mol. The number of hydrogen-bond acceptors (Lipinski definition) is 3. The average molecular weight is 433 g/mol. The van der Waals surface area contributed by atoms with Gasteiger partial charge in [-0.3, -0.25) is 0 Å². The van der Waals surface area contributed by atoms with E-state index in [-0.39, 0.29) is 0 Å². The second kappa shape index (κ2) is 9.63. The number of rotatable bonds is 10. The van der Waals surface area contributed by atoms with Gasteiger partial charge in [0.1, 0.15) is 0 Å². The molecule has 3 nitrogen and oxygen atoms in total. The van der Waals surface area contributed by atoms with E-state index in [9.17, 15) is 5.11 Å². The minimum absolute atomic E-state index is 0.360. The van der Waals surface area contributed by atoms with Crippen LogP contribution in [-0.4, -0.2) is 30.3 Å². The molecule has 0 aromatic carbocycles. The van der Waals surface area contributed by atoms with Crippen LogP contribution in [0.1, 0.15) is 105 Å². The lowest BCUT2D eigenvalue weighted by molar-refractivity contribution is -0.0523. The minimum Gasteiger partial charge on any atom is -0.390 e. The van der Waals surface area contributed by atoms with Crippen molar-refractivity contribution in [3.63, 3.8) is 0 Å². The first-order chi connectivity index (χ1) is 14.7. The van der Waals surface area contributed by atoms with Gasteiger partial charge in [0, 0.05) is 19.1 Å². The second-order valence-corrected chi connectivity index (χ2v) is 13.2. The average Bonchev–Trinajstić information content (AvgIpc) is 2.76. The summed E-state index contributed by atoms with van der Waals surface area (Å²) in [7, 11) is 0. The van der Waals surface area contributed by atoms with Crippen LogP contribution in [0.4, 0.5) is 0 Å². The van der Waals surface area contributed by atoms with Crippen LogP contribution >= 0.6 is 0 Å². The Morgan fingerprint density at radius 3 is 1.55 bits per heavy atom. The van der Waals surface area contributed by atoms with E-state index in [0.29, 0.717) is 30.0 Å². The van der Waals surface area contributed by atoms with Gasteiger partial charge in [-0.15, -0.1) is 0 Å². The van der Waals surface area contributed by atoms with Crippen LogP contribution in [0.25, 0.3) is 0 Å². The molecule has 0 spiro atoms. The first kappa shape index (κ1) is 24.0. The largest absolute Gasteiger partial charge is 0.390 e. The fraction of sp³-hybridized carbons (Fsp3) is 1.00. The molecule has 4 N–H and O–H groups in total. The van der Waals surface area contributed by atoms with E-state index >= 15 is 0 Å². The molecule has 3 atom stereocenters. The SMILES string of the molecule is CC1(C)C2CCC(CC2)C1CCC(CCC1C2CCC(CC2)C1(C)C)NCC(O)CN. The zero-order chi connectivity index (χ0) is 22.2. The van der Waals surface area contributed by atoms with Crippen molar-refractivity contribution in [3.05, 3.63) is 0 Å². The molecule has 6 saturated carbocycles. The maximum atomic E-state index is 10.1. The Bertz CT molecular complexity index is 528. The maximum Gasteiger partial charge on any atom is 0.0786 e. The standard InChI is InChI=1S/C28H52N2O/c1-27(2)21-9-5-19(6-10-21)25(27)15-13-23(30-18-24(31)17-29)14-16-26-20-7-11-22(12-8-20)28(26,3)4/h19-26,30-31H,5-18,29H2,1-4H3. The molecule has 3 unspecified atom stereocenters. The van der Waals surface area contributed by atoms with Crippen molar-refractivity contribution in [2.45, 2.75) is 117 Å². The second-order valence-electron chi connectivity index (χ2n) is 13.2. The van der Waals surface area contributed by atoms with Gasteiger partial charge in [0.05, 0.1) is 6.10 Å². The monoisotopic (exact) mass is 432 g/mol. The van der Waals surface area contributed by atoms with Crippen molar-refractivity contribution in [2.24, 2.45) is 52.1 Å². The summed E-state index contributed by atoms with van der Waals surface area (Å²) >= 11 is 0. The summed E-state index contributed by atoms with van der Waals surface area (Å²) in [5.74, 6) is 5.61. The van der Waals surface area contributed by atoms with Gasteiger partial charge in [-0.25, -0.2) is 0 Å². The molecular formula is C28H52N2O. The van der Waals surface area contributed by atoms with E-state index in [1.165, 1.54) is 77.0 Å². The highest BCUT2D eigenvalue weighted by atomic mass is 16.3. The van der Waals surface area contributed by atoms with Crippen molar-refractivity contribution in [1.82, 2.24) is 5.32 Å². The number of aliphatic hydroxyl groups excluding tert-OH is 1. The highest BCUT2D eigenvalue weighted by Gasteiger charge is 2.49. The third-order valence-corrected chi connectivity index (χ3v) is 11.3. The smallest absolute Gasteiger partial charge is 0.0786 e. The van der Waals surface area contributed by atoms with Crippen molar-refractivity contribution >= 4 is 0 Å². The van der Waals surface area contributed by atoms with Crippen molar-refractivity contribution in [1.29, 1.82) is 0 Å². The van der Waals surface area contributed by atoms with Gasteiger partial charge in [0.2, 0.25) is 0 Å². The van der Waals surface area contributed by atoms with Gasteiger partial charge < -0.3 is 16.2 Å². The Kier molecular flexibility index (Phi) is 7.46. The fourth-order valence-electron chi connectivity index (χ4n) is 9.06. The van der Waals surface area contributed by atoms with E-state index in [2.05, 4.69) is 33.0 Å². The summed E-state index contributed by atoms with van der Waals surface area (Å²) in [6.45, 7) is 11.3. The van der Waals surface area contributed by atoms with E-state index in [1.807, 2.05) is 0 Å². The normalized spacial score (nSPS) is 40.1. The van der Waals surface area contributed by atoms with Crippen molar-refractivity contribution in [3.8, 4) is 0 Å². The first-order valence-electron chi connectivity index (χ1n) is 13.8. The molecule has 0 amide bonds. The van der Waals surface area contributed by atoms with E-state index in [1.54, 1.807) is 0 Å². The lowest BCUT2D eigenvalue weighted by Gasteiger charge is -2.55. The first-order valence-corrected chi connectivity index (χ1v) is 13.8. The number of nitrogens with two attached hydrogens (primary N) is 1. The molecule has 6 aliphatic carbocycles. The van der Waals surface area contributed by atoms with Gasteiger partial charge in [-0.05, 0) is 123 Å². The van der Waals surface area contributed by atoms with E-state index < -0.39 is 6.10 Å². The highest BCUT2D eigenvalue weighted by Crippen LogP contribution is 2.58. The molecule has 6 aliphatic rings. The molecule has 0 aromatic rings. The van der Waals surface area contributed by atoms with Gasteiger partial charge in [0.25, 0.3) is 0 Å². The van der Waals surface area contributed by atoms with Gasteiger partial charge >= 0.3 is 0 Å². The molecule has 180 valence electrons. The summed E-state index contributed by atoms with van der Waals surface area (Å²) in [6.07, 6.45) is 16.6. The van der Waals surface area contributed by atoms with E-state index in [4.69, 9.17) is 5.73 Å². The molecule has 0 aliphatic heterocycles. The molecule has 0 aromatic heterocycles. The van der Waals surface area contributed by atoms with Crippen LogP contribution in [0.2, 0.25) is 0 Å². The van der Waals surface area contributed by atoms with Gasteiger partial charge in [-0.2, -0.15) is 0 Å². The lowest BCUT2D eigenvalue weighted by Crippen LogP contribution is -2.48. The number of fused-ring (bicyclic) bond motifs is 6. The Hall–Kier alpha value is -0.120. The number of hydrogen-bond donors (Lipinski definition) is 3. The van der Waals surface area contributed by atoms with Crippen LogP contribution < -0.4 is 11.1 Å². The fourth-order valence-corrected chi connectivity index (χ4v) is 9.06. The third-order valence-electron chi connectivity index (χ3n) is 11.3. The number of nitrogens with one attached hydrogen (secondary N) is 1. The third kappa shape index (κ3) is 4.90. The van der Waals surface area contributed by atoms with Crippen molar-refractivity contribution < 1.29 is 5.11 Å². The topological polar surface area (TPSA) is 58.3 Å². The maximum absolute atomic E-state index is 10.1. The van der Waals surface area contributed by atoms with Gasteiger partial charge in [-0.1, -0.05) is 27.7 Å². The Labute approximate surface area is 192 Å². The van der Waals surface area contributed by atoms with Crippen LogP contribution in [0.5, 0.6) is 0 Å². The number of aliphatic hydroxyl groups is 1. The molecule has 0 saturated heterocycles. The van der Waals surface area contributed by atoms with Gasteiger partial charge in [0.15, 0.2) is 0 Å². The van der Waals surface area contributed by atoms with Crippen LogP contribution in [0, 0.1) is 46.3 Å². The van der Waals surface area contributed by atoms with Crippen LogP contribution in [-0.2, 0) is 0 Å². The highest BCUT2D eigenvalue weighted by molar-refractivity contribution is 5.00. The molecule has 4 bridgehead atoms. The Morgan fingerprint density at radius 2 is 1.19 bits per heavy atom. The lowest BCUT2D eigenvalue weighted by atomic mass is 9.50. The van der Waals surface area contributed by atoms with Crippen molar-refractivity contribution in [2.75, 3.05) is 13.1 Å². The minimum atomic E-state index is -0.410. The predicted molar refractivity (Wildman–Crippen MR) is 131 cm³/mol. The quantitative estimate of drug-likeness (QED) is 0.412. The summed E-state index contributed by atoms with van der Waals surface area (Å²) in [6, 6.07) is 0.536. The molecule has 6 fully saturated rings. The van der Waals surface area contributed by atoms with Crippen LogP contribution in [0.15, 0.2) is 0 Å². The molecule has 6 rings (SSSR count). The summed E-state index contributed by atoms with van der Waals surface area (Å²) in [4.78, 5) is 0. The Morgan fingerprint density at radius 1 is 0.774 bits per heavy atom. The Balaban J connectivity index is 1.36. The zero-order valence-corrected chi connectivity index (χ0v) is 21.0. The summed E-state index contributed by atoms with van der Waals surface area (Å²) in [5, 5.41) is 13.9. The predicted octanol–water partition coefficient (Wildman–Crippen LogP) is 5.75. The summed E-state index contributed by atoms with van der Waals surface area (Å²) < 4.78 is 0. The molecule has 31 heavy (non-hydrogen) atoms. The molecule has 0 heterocycles. The molecule has 0 radical (unpaired) electrons. The summed E-state index contributed by atoms with van der Waals surface area (Å²) in [5.41, 5.74) is 6.74. The molecule has 3 heteroatoms. The van der Waals surface area contributed by atoms with Crippen LogP contribution in [0.3, 0.4) is 0 Å². The zero-order valence-electron chi connectivity index (χ0n) is 21.0.